The van der Waals surface area contributed by atoms with Gasteiger partial charge < -0.3 is 9.64 Å². The van der Waals surface area contributed by atoms with E-state index in [4.69, 9.17) is 21.3 Å². The second kappa shape index (κ2) is 8.27. The molecule has 4 aromatic rings. The zero-order valence-electron chi connectivity index (χ0n) is 17.5. The van der Waals surface area contributed by atoms with Gasteiger partial charge in [-0.25, -0.2) is 14.4 Å². The number of aromatic nitrogens is 3. The normalized spacial score (nSPS) is 16.6. The number of hydrogen-bond acceptors (Lipinski definition) is 6. The molecule has 164 valence electrons. The maximum absolute atomic E-state index is 14.9. The van der Waals surface area contributed by atoms with Crippen molar-refractivity contribution in [3.05, 3.63) is 73.7 Å². The molecule has 0 spiro atoms. The highest BCUT2D eigenvalue weighted by atomic mass is 35.5. The Morgan fingerprint density at radius 2 is 2.09 bits per heavy atom. The lowest BCUT2D eigenvalue weighted by Crippen LogP contribution is -2.39. The average molecular weight is 471 g/mol. The van der Waals surface area contributed by atoms with Crippen molar-refractivity contribution in [3.8, 4) is 11.3 Å². The standard InChI is InChI=1S/C23H20ClFN4O2S/c1-13-26-18-10-20(29-6-7-31-19(11-29)14-5-8-32-12-14)27-22(21(18)23(30)28(13)2)16-4-3-15(24)9-17(16)25/h3-5,8-10,12,19H,6-7,11H2,1-2H3/t19-/m0/s1. The summed E-state index contributed by atoms with van der Waals surface area (Å²) < 4.78 is 22.3. The van der Waals surface area contributed by atoms with Crippen LogP contribution >= 0.6 is 22.9 Å². The van der Waals surface area contributed by atoms with Crippen LogP contribution in [0.15, 0.2) is 45.9 Å². The average Bonchev–Trinajstić information content (AvgIpc) is 3.32. The first kappa shape index (κ1) is 21.1. The van der Waals surface area contributed by atoms with Gasteiger partial charge >= 0.3 is 0 Å². The Morgan fingerprint density at radius 3 is 2.84 bits per heavy atom. The van der Waals surface area contributed by atoms with E-state index in [1.165, 1.54) is 10.6 Å². The van der Waals surface area contributed by atoms with Crippen LogP contribution in [0.1, 0.15) is 17.5 Å². The number of pyridine rings is 1. The molecule has 1 atom stereocenters. The van der Waals surface area contributed by atoms with Crippen molar-refractivity contribution in [1.82, 2.24) is 14.5 Å². The highest BCUT2D eigenvalue weighted by Crippen LogP contribution is 2.33. The molecule has 32 heavy (non-hydrogen) atoms. The minimum Gasteiger partial charge on any atom is -0.370 e. The number of nitrogens with zero attached hydrogens (tertiary/aromatic N) is 4. The second-order valence-electron chi connectivity index (χ2n) is 7.73. The van der Waals surface area contributed by atoms with Crippen LogP contribution in [-0.4, -0.2) is 34.2 Å². The zero-order valence-corrected chi connectivity index (χ0v) is 19.1. The van der Waals surface area contributed by atoms with Crippen molar-refractivity contribution in [2.45, 2.75) is 13.0 Å². The Morgan fingerprint density at radius 1 is 1.25 bits per heavy atom. The fourth-order valence-corrected chi connectivity index (χ4v) is 4.80. The topological polar surface area (TPSA) is 60.2 Å². The molecule has 1 saturated heterocycles. The molecule has 0 radical (unpaired) electrons. The molecule has 0 saturated carbocycles. The summed E-state index contributed by atoms with van der Waals surface area (Å²) in [6, 6.07) is 8.22. The number of halogens is 2. The minimum absolute atomic E-state index is 0.0819. The van der Waals surface area contributed by atoms with Crippen LogP contribution in [0.5, 0.6) is 0 Å². The molecule has 3 aromatic heterocycles. The van der Waals surface area contributed by atoms with Crippen LogP contribution in [0.3, 0.4) is 0 Å². The van der Waals surface area contributed by atoms with Gasteiger partial charge in [-0.2, -0.15) is 11.3 Å². The van der Waals surface area contributed by atoms with Gasteiger partial charge in [0.05, 0.1) is 23.2 Å². The summed E-state index contributed by atoms with van der Waals surface area (Å²) in [6.07, 6.45) is -0.0819. The van der Waals surface area contributed by atoms with E-state index in [9.17, 15) is 9.18 Å². The van der Waals surface area contributed by atoms with E-state index < -0.39 is 5.82 Å². The van der Waals surface area contributed by atoms with Crippen LogP contribution < -0.4 is 10.5 Å². The highest BCUT2D eigenvalue weighted by Gasteiger charge is 2.26. The highest BCUT2D eigenvalue weighted by molar-refractivity contribution is 7.07. The Balaban J connectivity index is 1.69. The summed E-state index contributed by atoms with van der Waals surface area (Å²) in [6.45, 7) is 3.53. The molecule has 0 unspecified atom stereocenters. The van der Waals surface area contributed by atoms with Crippen molar-refractivity contribution in [2.24, 2.45) is 7.05 Å². The first-order valence-corrected chi connectivity index (χ1v) is 11.5. The predicted molar refractivity (Wildman–Crippen MR) is 125 cm³/mol. The first-order chi connectivity index (χ1) is 15.4. The fraction of sp³-hybridized carbons (Fsp3) is 0.261. The number of anilines is 1. The third kappa shape index (κ3) is 3.68. The predicted octanol–water partition coefficient (Wildman–Crippen LogP) is 4.74. The van der Waals surface area contributed by atoms with Gasteiger partial charge in [-0.15, -0.1) is 0 Å². The molecule has 1 aliphatic heterocycles. The van der Waals surface area contributed by atoms with Gasteiger partial charge in [0.25, 0.3) is 5.56 Å². The number of ether oxygens (including phenoxy) is 1. The van der Waals surface area contributed by atoms with Gasteiger partial charge in [0.15, 0.2) is 0 Å². The van der Waals surface area contributed by atoms with Crippen LogP contribution in [0.4, 0.5) is 10.2 Å². The molecule has 1 fully saturated rings. The summed E-state index contributed by atoms with van der Waals surface area (Å²) >= 11 is 7.58. The first-order valence-electron chi connectivity index (χ1n) is 10.1. The van der Waals surface area contributed by atoms with Crippen molar-refractivity contribution in [2.75, 3.05) is 24.6 Å². The van der Waals surface area contributed by atoms with Crippen molar-refractivity contribution < 1.29 is 9.13 Å². The molecule has 9 heteroatoms. The summed E-state index contributed by atoms with van der Waals surface area (Å²) in [4.78, 5) is 24.6. The summed E-state index contributed by atoms with van der Waals surface area (Å²) in [5.74, 6) is 0.662. The van der Waals surface area contributed by atoms with Crippen LogP contribution in [0.2, 0.25) is 5.02 Å². The van der Waals surface area contributed by atoms with Crippen molar-refractivity contribution in [1.29, 1.82) is 0 Å². The molecule has 0 aliphatic carbocycles. The van der Waals surface area contributed by atoms with Crippen LogP contribution in [0.25, 0.3) is 22.2 Å². The van der Waals surface area contributed by atoms with Crippen molar-refractivity contribution >= 4 is 39.7 Å². The van der Waals surface area contributed by atoms with E-state index in [0.717, 1.165) is 5.56 Å². The Labute approximate surface area is 192 Å². The Hall–Kier alpha value is -2.81. The minimum atomic E-state index is -0.538. The van der Waals surface area contributed by atoms with Gasteiger partial charge in [0.2, 0.25) is 0 Å². The number of rotatable bonds is 3. The molecule has 0 bridgehead atoms. The Bertz CT molecular complexity index is 1370. The summed E-state index contributed by atoms with van der Waals surface area (Å²) in [7, 11) is 1.65. The molecular weight excluding hydrogens is 451 g/mol. The maximum atomic E-state index is 14.9. The third-order valence-corrected chi connectivity index (χ3v) is 6.70. The van der Waals surface area contributed by atoms with E-state index in [0.29, 0.717) is 36.9 Å². The monoisotopic (exact) mass is 470 g/mol. The molecule has 0 N–H and O–H groups in total. The van der Waals surface area contributed by atoms with E-state index in [1.807, 2.05) is 5.38 Å². The molecule has 6 nitrogen and oxygen atoms in total. The third-order valence-electron chi connectivity index (χ3n) is 5.76. The smallest absolute Gasteiger partial charge is 0.263 e. The van der Waals surface area contributed by atoms with Crippen molar-refractivity contribution in [3.63, 3.8) is 0 Å². The molecular formula is C23H20ClFN4O2S. The SMILES string of the molecule is Cc1nc2cc(N3CCO[C@H](c4ccsc4)C3)nc(-c3ccc(Cl)cc3F)c2c(=O)n1C. The second-order valence-corrected chi connectivity index (χ2v) is 8.95. The summed E-state index contributed by atoms with van der Waals surface area (Å²) in [5.41, 5.74) is 1.81. The number of morpholine rings is 1. The van der Waals surface area contributed by atoms with Crippen LogP contribution in [0, 0.1) is 12.7 Å². The van der Waals surface area contributed by atoms with E-state index in [2.05, 4.69) is 21.3 Å². The summed E-state index contributed by atoms with van der Waals surface area (Å²) in [5, 5.41) is 4.66. The maximum Gasteiger partial charge on any atom is 0.263 e. The number of thiophene rings is 1. The number of fused-ring (bicyclic) bond motifs is 1. The van der Waals surface area contributed by atoms with E-state index >= 15 is 0 Å². The van der Waals surface area contributed by atoms with Crippen LogP contribution in [-0.2, 0) is 11.8 Å². The molecule has 5 rings (SSSR count). The zero-order chi connectivity index (χ0) is 22.4. The van der Waals surface area contributed by atoms with Gasteiger partial charge in [-0.1, -0.05) is 11.6 Å². The van der Waals surface area contributed by atoms with E-state index in [-0.39, 0.29) is 33.3 Å². The van der Waals surface area contributed by atoms with E-state index in [1.54, 1.807) is 43.5 Å². The molecule has 1 aliphatic rings. The van der Waals surface area contributed by atoms with Gasteiger partial charge in [0.1, 0.15) is 23.6 Å². The fourth-order valence-electron chi connectivity index (χ4n) is 3.94. The lowest BCUT2D eigenvalue weighted by atomic mass is 10.1. The number of aryl methyl sites for hydroxylation is 1. The Kier molecular flexibility index (Phi) is 5.44. The molecule has 0 amide bonds. The lowest BCUT2D eigenvalue weighted by molar-refractivity contribution is 0.0398. The molecule has 1 aromatic carbocycles. The van der Waals surface area contributed by atoms with Gasteiger partial charge in [-0.05, 0) is 47.5 Å². The molecule has 4 heterocycles. The van der Waals surface area contributed by atoms with Gasteiger partial charge in [-0.3, -0.25) is 9.36 Å². The number of benzene rings is 1. The quantitative estimate of drug-likeness (QED) is 0.433. The largest absolute Gasteiger partial charge is 0.370 e. The lowest BCUT2D eigenvalue weighted by Gasteiger charge is -2.34. The number of hydrogen-bond donors (Lipinski definition) is 0. The van der Waals surface area contributed by atoms with Gasteiger partial charge in [0, 0.05) is 36.8 Å².